The lowest BCUT2D eigenvalue weighted by atomic mass is 10.2. The molecule has 3 N–H and O–H groups in total. The molecule has 0 radical (unpaired) electrons. The van der Waals surface area contributed by atoms with Crippen molar-refractivity contribution in [1.82, 2.24) is 4.72 Å². The molecule has 4 nitrogen and oxygen atoms in total. The Labute approximate surface area is 127 Å². The minimum Gasteiger partial charge on any atom is -0.329 e. The van der Waals surface area contributed by atoms with Crippen LogP contribution in [0.2, 0.25) is 5.02 Å². The minimum absolute atomic E-state index is 0.172. The molecule has 2 aromatic rings. The van der Waals surface area contributed by atoms with E-state index in [0.717, 1.165) is 17.5 Å². The van der Waals surface area contributed by atoms with Crippen molar-refractivity contribution in [1.29, 1.82) is 0 Å². The fourth-order valence-corrected chi connectivity index (χ4v) is 5.25. The van der Waals surface area contributed by atoms with Crippen LogP contribution in [0.5, 0.6) is 0 Å². The van der Waals surface area contributed by atoms with E-state index in [1.807, 2.05) is 6.07 Å². The summed E-state index contributed by atoms with van der Waals surface area (Å²) in [5.41, 5.74) is 5.67. The first kappa shape index (κ1) is 14.3. The first-order valence-electron chi connectivity index (χ1n) is 6.40. The topological polar surface area (TPSA) is 72.2 Å². The van der Waals surface area contributed by atoms with Crippen molar-refractivity contribution in [3.8, 4) is 0 Å². The molecule has 20 heavy (non-hydrogen) atoms. The predicted molar refractivity (Wildman–Crippen MR) is 82.7 cm³/mol. The van der Waals surface area contributed by atoms with Gasteiger partial charge in [-0.2, -0.15) is 0 Å². The highest BCUT2D eigenvalue weighted by Crippen LogP contribution is 2.35. The molecule has 108 valence electrons. The van der Waals surface area contributed by atoms with Gasteiger partial charge in [0.2, 0.25) is 10.0 Å². The van der Waals surface area contributed by atoms with Gasteiger partial charge in [-0.25, -0.2) is 13.1 Å². The Morgan fingerprint density at radius 1 is 1.45 bits per heavy atom. The van der Waals surface area contributed by atoms with Crippen molar-refractivity contribution in [3.63, 3.8) is 0 Å². The van der Waals surface area contributed by atoms with Gasteiger partial charge in [-0.15, -0.1) is 11.3 Å². The smallest absolute Gasteiger partial charge is 0.242 e. The molecule has 0 saturated heterocycles. The van der Waals surface area contributed by atoms with Gasteiger partial charge < -0.3 is 5.73 Å². The van der Waals surface area contributed by atoms with Gasteiger partial charge in [-0.05, 0) is 37.0 Å². The first-order valence-corrected chi connectivity index (χ1v) is 9.14. The third-order valence-electron chi connectivity index (χ3n) is 3.54. The number of halogens is 1. The van der Waals surface area contributed by atoms with Crippen molar-refractivity contribution < 1.29 is 8.42 Å². The number of rotatable bonds is 5. The summed E-state index contributed by atoms with van der Waals surface area (Å²) >= 11 is 7.36. The molecule has 1 unspecified atom stereocenters. The maximum absolute atomic E-state index is 12.5. The summed E-state index contributed by atoms with van der Waals surface area (Å²) in [4.78, 5) is 0.291. The van der Waals surface area contributed by atoms with E-state index < -0.39 is 10.0 Å². The Balaban J connectivity index is 1.98. The van der Waals surface area contributed by atoms with E-state index in [1.165, 1.54) is 11.3 Å². The monoisotopic (exact) mass is 330 g/mol. The van der Waals surface area contributed by atoms with Gasteiger partial charge in [0.15, 0.2) is 0 Å². The van der Waals surface area contributed by atoms with Gasteiger partial charge >= 0.3 is 0 Å². The summed E-state index contributed by atoms with van der Waals surface area (Å²) in [7, 11) is -3.55. The molecule has 0 bridgehead atoms. The number of fused-ring (bicyclic) bond motifs is 1. The first-order chi connectivity index (χ1) is 9.51. The fraction of sp³-hybridized carbons (Fsp3) is 0.385. The van der Waals surface area contributed by atoms with Crippen LogP contribution in [0.1, 0.15) is 12.8 Å². The van der Waals surface area contributed by atoms with Crippen molar-refractivity contribution in [2.75, 3.05) is 6.54 Å². The summed E-state index contributed by atoms with van der Waals surface area (Å²) in [6.45, 7) is 0.326. The number of hydrogen-bond donors (Lipinski definition) is 2. The Morgan fingerprint density at radius 2 is 2.20 bits per heavy atom. The maximum Gasteiger partial charge on any atom is 0.242 e. The van der Waals surface area contributed by atoms with Gasteiger partial charge in [0, 0.05) is 33.1 Å². The normalized spacial score (nSPS) is 17.5. The fourth-order valence-electron chi connectivity index (χ4n) is 2.28. The molecule has 1 fully saturated rings. The molecule has 1 aromatic carbocycles. The quantitative estimate of drug-likeness (QED) is 0.885. The second-order valence-electron chi connectivity index (χ2n) is 5.04. The van der Waals surface area contributed by atoms with Gasteiger partial charge in [-0.1, -0.05) is 11.6 Å². The lowest BCUT2D eigenvalue weighted by Crippen LogP contribution is -2.41. The number of nitrogens with one attached hydrogen (secondary N) is 1. The molecule has 1 atom stereocenters. The second kappa shape index (κ2) is 5.27. The molecule has 0 amide bonds. The largest absolute Gasteiger partial charge is 0.329 e. The second-order valence-corrected chi connectivity index (χ2v) is 8.07. The molecule has 1 saturated carbocycles. The summed E-state index contributed by atoms with van der Waals surface area (Å²) in [6.07, 6.45) is 2.08. The average molecular weight is 331 g/mol. The van der Waals surface area contributed by atoms with E-state index in [0.29, 0.717) is 27.8 Å². The minimum atomic E-state index is -3.55. The number of hydrogen-bond acceptors (Lipinski definition) is 4. The van der Waals surface area contributed by atoms with Gasteiger partial charge in [0.05, 0.1) is 0 Å². The Hall–Kier alpha value is -0.660. The molecule has 7 heteroatoms. The highest BCUT2D eigenvalue weighted by molar-refractivity contribution is 7.90. The van der Waals surface area contributed by atoms with Crippen LogP contribution in [0.25, 0.3) is 10.1 Å². The molecule has 0 aliphatic heterocycles. The molecule has 3 rings (SSSR count). The number of sulfonamides is 1. The molecule has 1 aliphatic carbocycles. The van der Waals surface area contributed by atoms with E-state index in [9.17, 15) is 8.42 Å². The third-order valence-corrected chi connectivity index (χ3v) is 6.42. The van der Waals surface area contributed by atoms with Gasteiger partial charge in [0.1, 0.15) is 4.90 Å². The van der Waals surface area contributed by atoms with Crippen LogP contribution in [-0.4, -0.2) is 21.0 Å². The summed E-state index contributed by atoms with van der Waals surface area (Å²) in [5, 5.41) is 2.86. The number of nitrogens with two attached hydrogens (primary N) is 1. The molecular formula is C13H15ClN2O2S2. The average Bonchev–Trinajstić information content (AvgIpc) is 3.15. The van der Waals surface area contributed by atoms with Crippen LogP contribution in [0, 0.1) is 5.92 Å². The lowest BCUT2D eigenvalue weighted by molar-refractivity contribution is 0.520. The zero-order chi connectivity index (χ0) is 14.3. The van der Waals surface area contributed by atoms with E-state index in [2.05, 4.69) is 4.72 Å². The van der Waals surface area contributed by atoms with Crippen LogP contribution in [0.3, 0.4) is 0 Å². The van der Waals surface area contributed by atoms with E-state index in [4.69, 9.17) is 17.3 Å². The highest BCUT2D eigenvalue weighted by atomic mass is 35.5. The zero-order valence-corrected chi connectivity index (χ0v) is 13.1. The number of thiophene rings is 1. The highest BCUT2D eigenvalue weighted by Gasteiger charge is 2.34. The maximum atomic E-state index is 12.5. The summed E-state index contributed by atoms with van der Waals surface area (Å²) in [5.74, 6) is 0.378. The molecule has 1 aliphatic rings. The third kappa shape index (κ3) is 2.71. The van der Waals surface area contributed by atoms with E-state index >= 15 is 0 Å². The SMILES string of the molecule is NCC(NS(=O)(=O)c1csc2ccc(Cl)cc12)C1CC1. The van der Waals surface area contributed by atoms with Crippen LogP contribution in [0.4, 0.5) is 0 Å². The van der Waals surface area contributed by atoms with Crippen molar-refractivity contribution in [2.45, 2.75) is 23.8 Å². The Bertz CT molecular complexity index is 738. The Kier molecular flexibility index (Phi) is 3.77. The van der Waals surface area contributed by atoms with Crippen molar-refractivity contribution in [2.24, 2.45) is 11.7 Å². The summed E-state index contributed by atoms with van der Waals surface area (Å²) < 4.78 is 28.7. The molecule has 1 aromatic heterocycles. The molecular weight excluding hydrogens is 316 g/mol. The van der Waals surface area contributed by atoms with Crippen LogP contribution >= 0.6 is 22.9 Å². The van der Waals surface area contributed by atoms with E-state index in [1.54, 1.807) is 17.5 Å². The van der Waals surface area contributed by atoms with Crippen LogP contribution < -0.4 is 10.5 Å². The van der Waals surface area contributed by atoms with Crippen LogP contribution in [0.15, 0.2) is 28.5 Å². The molecule has 0 spiro atoms. The van der Waals surface area contributed by atoms with Gasteiger partial charge in [-0.3, -0.25) is 0 Å². The summed E-state index contributed by atoms with van der Waals surface area (Å²) in [6, 6.07) is 5.12. The predicted octanol–water partition coefficient (Wildman–Crippen LogP) is 2.57. The van der Waals surface area contributed by atoms with Crippen molar-refractivity contribution in [3.05, 3.63) is 28.6 Å². The zero-order valence-electron chi connectivity index (χ0n) is 10.7. The number of benzene rings is 1. The Morgan fingerprint density at radius 3 is 2.85 bits per heavy atom. The molecule has 1 heterocycles. The van der Waals surface area contributed by atoms with E-state index in [-0.39, 0.29) is 6.04 Å². The van der Waals surface area contributed by atoms with Crippen molar-refractivity contribution >= 4 is 43.0 Å². The van der Waals surface area contributed by atoms with Crippen LogP contribution in [-0.2, 0) is 10.0 Å². The standard InChI is InChI=1S/C13H15ClN2O2S2/c14-9-3-4-12-10(5-9)13(7-19-12)20(17,18)16-11(6-15)8-1-2-8/h3-5,7-8,11,16H,1-2,6,15H2. The lowest BCUT2D eigenvalue weighted by Gasteiger charge is -2.15. The van der Waals surface area contributed by atoms with Gasteiger partial charge in [0.25, 0.3) is 0 Å².